The van der Waals surface area contributed by atoms with Crippen LogP contribution in [0.5, 0.6) is 0 Å². The van der Waals surface area contributed by atoms with E-state index in [0.29, 0.717) is 26.1 Å². The standard InChI is InChI=1S/C13H25N3O4/c1-4-9-16(10-12(18)19)13(20)14-8-7-11(17)15(5-2)6-3/h4-10H2,1-3H3,(H,14,20)(H,18,19). The number of carbonyl (C=O) groups excluding carboxylic acids is 2. The first-order valence-electron chi connectivity index (χ1n) is 6.98. The minimum atomic E-state index is -1.05. The summed E-state index contributed by atoms with van der Waals surface area (Å²) in [7, 11) is 0. The van der Waals surface area contributed by atoms with Crippen molar-refractivity contribution in [1.29, 1.82) is 0 Å². The summed E-state index contributed by atoms with van der Waals surface area (Å²) in [5.41, 5.74) is 0. The molecule has 0 aliphatic heterocycles. The summed E-state index contributed by atoms with van der Waals surface area (Å²) in [5, 5.41) is 11.3. The lowest BCUT2D eigenvalue weighted by Crippen LogP contribution is -2.44. The third-order valence-corrected chi connectivity index (χ3v) is 2.84. The van der Waals surface area contributed by atoms with Crippen molar-refractivity contribution in [3.63, 3.8) is 0 Å². The van der Waals surface area contributed by atoms with Gasteiger partial charge in [-0.25, -0.2) is 4.79 Å². The molecule has 0 aliphatic carbocycles. The molecule has 0 rings (SSSR count). The minimum Gasteiger partial charge on any atom is -0.480 e. The number of carboxylic acid groups (broad SMARTS) is 1. The van der Waals surface area contributed by atoms with E-state index in [2.05, 4.69) is 5.32 Å². The Kier molecular flexibility index (Phi) is 9.15. The molecule has 0 saturated heterocycles. The molecule has 0 saturated carbocycles. The molecular weight excluding hydrogens is 262 g/mol. The minimum absolute atomic E-state index is 0.0180. The largest absolute Gasteiger partial charge is 0.480 e. The van der Waals surface area contributed by atoms with Crippen molar-refractivity contribution in [1.82, 2.24) is 15.1 Å². The van der Waals surface area contributed by atoms with Crippen molar-refractivity contribution >= 4 is 17.9 Å². The Morgan fingerprint density at radius 3 is 2.10 bits per heavy atom. The van der Waals surface area contributed by atoms with Crippen LogP contribution in [0.25, 0.3) is 0 Å². The highest BCUT2D eigenvalue weighted by molar-refractivity contribution is 5.81. The van der Waals surface area contributed by atoms with Gasteiger partial charge < -0.3 is 20.2 Å². The number of hydrogen-bond donors (Lipinski definition) is 2. The molecule has 0 aromatic carbocycles. The van der Waals surface area contributed by atoms with E-state index in [-0.39, 0.29) is 25.4 Å². The van der Waals surface area contributed by atoms with Gasteiger partial charge in [-0.05, 0) is 20.3 Å². The summed E-state index contributed by atoms with van der Waals surface area (Å²) in [6.07, 6.45) is 0.902. The molecule has 116 valence electrons. The van der Waals surface area contributed by atoms with E-state index in [0.717, 1.165) is 0 Å². The monoisotopic (exact) mass is 287 g/mol. The predicted molar refractivity (Wildman–Crippen MR) is 75.4 cm³/mol. The van der Waals surface area contributed by atoms with Gasteiger partial charge in [-0.3, -0.25) is 9.59 Å². The number of nitrogens with one attached hydrogen (secondary N) is 1. The van der Waals surface area contributed by atoms with Crippen LogP contribution >= 0.6 is 0 Å². The average Bonchev–Trinajstić information content (AvgIpc) is 2.39. The van der Waals surface area contributed by atoms with Gasteiger partial charge in [0.2, 0.25) is 5.91 Å². The van der Waals surface area contributed by atoms with E-state index >= 15 is 0 Å². The zero-order valence-electron chi connectivity index (χ0n) is 12.5. The van der Waals surface area contributed by atoms with Gasteiger partial charge in [-0.15, -0.1) is 0 Å². The SMILES string of the molecule is CCCN(CC(=O)O)C(=O)NCCC(=O)N(CC)CC. The van der Waals surface area contributed by atoms with Crippen LogP contribution in [-0.2, 0) is 9.59 Å². The number of carbonyl (C=O) groups is 3. The number of aliphatic carboxylic acids is 1. The van der Waals surface area contributed by atoms with Gasteiger partial charge in [0.1, 0.15) is 6.54 Å². The third-order valence-electron chi connectivity index (χ3n) is 2.84. The van der Waals surface area contributed by atoms with Crippen LogP contribution in [0.2, 0.25) is 0 Å². The fourth-order valence-corrected chi connectivity index (χ4v) is 1.81. The van der Waals surface area contributed by atoms with Crippen LogP contribution in [0, 0.1) is 0 Å². The van der Waals surface area contributed by atoms with E-state index in [9.17, 15) is 14.4 Å². The predicted octanol–water partition coefficient (Wildman–Crippen LogP) is 0.751. The van der Waals surface area contributed by atoms with Gasteiger partial charge in [-0.1, -0.05) is 6.92 Å². The molecule has 7 nitrogen and oxygen atoms in total. The number of amides is 3. The summed E-state index contributed by atoms with van der Waals surface area (Å²) >= 11 is 0. The Bertz CT molecular complexity index is 330. The molecule has 0 heterocycles. The number of rotatable bonds is 9. The molecule has 0 radical (unpaired) electrons. The second-order valence-corrected chi connectivity index (χ2v) is 4.36. The zero-order valence-corrected chi connectivity index (χ0v) is 12.5. The summed E-state index contributed by atoms with van der Waals surface area (Å²) in [4.78, 5) is 37.1. The molecular formula is C13H25N3O4. The Labute approximate surface area is 119 Å². The highest BCUT2D eigenvalue weighted by Crippen LogP contribution is 1.95. The molecule has 0 fully saturated rings. The highest BCUT2D eigenvalue weighted by atomic mass is 16.4. The zero-order chi connectivity index (χ0) is 15.5. The van der Waals surface area contributed by atoms with Crippen LogP contribution in [0.4, 0.5) is 4.79 Å². The van der Waals surface area contributed by atoms with Crippen molar-refractivity contribution in [2.75, 3.05) is 32.7 Å². The van der Waals surface area contributed by atoms with E-state index < -0.39 is 12.0 Å². The number of urea groups is 1. The fourth-order valence-electron chi connectivity index (χ4n) is 1.81. The maximum Gasteiger partial charge on any atom is 0.323 e. The normalized spacial score (nSPS) is 9.95. The summed E-state index contributed by atoms with van der Waals surface area (Å²) in [5.74, 6) is -1.07. The summed E-state index contributed by atoms with van der Waals surface area (Å²) < 4.78 is 0. The Morgan fingerprint density at radius 2 is 1.65 bits per heavy atom. The lowest BCUT2D eigenvalue weighted by molar-refractivity contribution is -0.137. The van der Waals surface area contributed by atoms with Crippen LogP contribution in [0.3, 0.4) is 0 Å². The van der Waals surface area contributed by atoms with Gasteiger partial charge >= 0.3 is 12.0 Å². The quantitative estimate of drug-likeness (QED) is 0.655. The number of carboxylic acids is 1. The maximum atomic E-state index is 11.8. The molecule has 0 bridgehead atoms. The van der Waals surface area contributed by atoms with Gasteiger partial charge in [0, 0.05) is 32.6 Å². The number of nitrogens with zero attached hydrogens (tertiary/aromatic N) is 2. The molecule has 0 spiro atoms. The molecule has 20 heavy (non-hydrogen) atoms. The average molecular weight is 287 g/mol. The van der Waals surface area contributed by atoms with E-state index in [4.69, 9.17) is 5.11 Å². The van der Waals surface area contributed by atoms with Gasteiger partial charge in [0.05, 0.1) is 0 Å². The van der Waals surface area contributed by atoms with Crippen LogP contribution in [-0.4, -0.2) is 65.5 Å². The van der Waals surface area contributed by atoms with Gasteiger partial charge in [-0.2, -0.15) is 0 Å². The van der Waals surface area contributed by atoms with E-state index in [1.165, 1.54) is 4.90 Å². The lowest BCUT2D eigenvalue weighted by atomic mass is 10.3. The second kappa shape index (κ2) is 10.1. The number of hydrogen-bond acceptors (Lipinski definition) is 3. The molecule has 0 aliphatic rings. The van der Waals surface area contributed by atoms with Crippen molar-refractivity contribution in [2.45, 2.75) is 33.6 Å². The molecule has 7 heteroatoms. The topological polar surface area (TPSA) is 90.0 Å². The van der Waals surface area contributed by atoms with Crippen LogP contribution in [0.1, 0.15) is 33.6 Å². The summed E-state index contributed by atoms with van der Waals surface area (Å²) in [6.45, 7) is 7.21. The summed E-state index contributed by atoms with van der Waals surface area (Å²) in [6, 6.07) is -0.443. The van der Waals surface area contributed by atoms with Crippen molar-refractivity contribution in [3.8, 4) is 0 Å². The van der Waals surface area contributed by atoms with E-state index in [1.54, 1.807) is 4.90 Å². The first-order valence-corrected chi connectivity index (χ1v) is 6.98. The lowest BCUT2D eigenvalue weighted by Gasteiger charge is -2.21. The molecule has 0 unspecified atom stereocenters. The molecule has 0 aromatic heterocycles. The van der Waals surface area contributed by atoms with Crippen LogP contribution in [0.15, 0.2) is 0 Å². The third kappa shape index (κ3) is 6.96. The van der Waals surface area contributed by atoms with E-state index in [1.807, 2.05) is 20.8 Å². The fraction of sp³-hybridized carbons (Fsp3) is 0.769. The molecule has 2 N–H and O–H groups in total. The van der Waals surface area contributed by atoms with Crippen molar-refractivity contribution in [2.24, 2.45) is 0 Å². The highest BCUT2D eigenvalue weighted by Gasteiger charge is 2.16. The first kappa shape index (κ1) is 18.2. The Balaban J connectivity index is 4.18. The first-order chi connectivity index (χ1) is 9.46. The maximum absolute atomic E-state index is 11.8. The van der Waals surface area contributed by atoms with Crippen LogP contribution < -0.4 is 5.32 Å². The molecule has 0 aromatic rings. The smallest absolute Gasteiger partial charge is 0.323 e. The molecule has 3 amide bonds. The van der Waals surface area contributed by atoms with Crippen molar-refractivity contribution < 1.29 is 19.5 Å². The van der Waals surface area contributed by atoms with Gasteiger partial charge in [0.15, 0.2) is 0 Å². The second-order valence-electron chi connectivity index (χ2n) is 4.36. The Morgan fingerprint density at radius 1 is 1.05 bits per heavy atom. The molecule has 0 atom stereocenters. The van der Waals surface area contributed by atoms with Crippen molar-refractivity contribution in [3.05, 3.63) is 0 Å². The Hall–Kier alpha value is -1.79. The van der Waals surface area contributed by atoms with Gasteiger partial charge in [0.25, 0.3) is 0 Å².